The highest BCUT2D eigenvalue weighted by molar-refractivity contribution is 9.10. The largest absolute Gasteiger partial charge is 0.325 e. The normalized spacial score (nSPS) is 19.1. The molecule has 0 aliphatic carbocycles. The molecule has 0 saturated carbocycles. The lowest BCUT2D eigenvalue weighted by atomic mass is 10.3. The molecule has 19 heavy (non-hydrogen) atoms. The van der Waals surface area contributed by atoms with Gasteiger partial charge in [0, 0.05) is 39.2 Å². The molecule has 1 atom stereocenters. The van der Waals surface area contributed by atoms with Gasteiger partial charge in [0.1, 0.15) is 0 Å². The average Bonchev–Trinajstić information content (AvgIpc) is 2.43. The van der Waals surface area contributed by atoms with Crippen LogP contribution in [0.4, 0.5) is 5.69 Å². The first-order valence-electron chi connectivity index (χ1n) is 6.19. The predicted octanol–water partition coefficient (Wildman–Crippen LogP) is 2.83. The number of hydrogen-bond acceptors (Lipinski definition) is 4. The standard InChI is InChI=1S/C13H17BrN2OS2/c14-10-1-3-11(4-2-10)16-13(17)8-15-7-12-9-18-5-6-19-12/h1-4,12,15H,5-9H2,(H,16,17). The fraction of sp³-hybridized carbons (Fsp3) is 0.462. The second-order valence-corrected chi connectivity index (χ2v) is 7.73. The van der Waals surface area contributed by atoms with Gasteiger partial charge in [-0.25, -0.2) is 0 Å². The van der Waals surface area contributed by atoms with Crippen LogP contribution in [0.1, 0.15) is 0 Å². The Morgan fingerprint density at radius 3 is 2.79 bits per heavy atom. The summed E-state index contributed by atoms with van der Waals surface area (Å²) in [5.74, 6) is 3.68. The maximum Gasteiger partial charge on any atom is 0.238 e. The molecule has 6 heteroatoms. The molecule has 1 aromatic rings. The molecule has 1 aliphatic rings. The summed E-state index contributed by atoms with van der Waals surface area (Å²) in [7, 11) is 0. The summed E-state index contributed by atoms with van der Waals surface area (Å²) in [5, 5.41) is 6.74. The quantitative estimate of drug-likeness (QED) is 0.846. The van der Waals surface area contributed by atoms with Crippen molar-refractivity contribution in [3.05, 3.63) is 28.7 Å². The zero-order chi connectivity index (χ0) is 13.5. The Kier molecular flexibility index (Phi) is 6.56. The van der Waals surface area contributed by atoms with Crippen molar-refractivity contribution in [3.63, 3.8) is 0 Å². The highest BCUT2D eigenvalue weighted by atomic mass is 79.9. The van der Waals surface area contributed by atoms with Crippen molar-refractivity contribution in [2.45, 2.75) is 5.25 Å². The van der Waals surface area contributed by atoms with E-state index in [2.05, 4.69) is 26.6 Å². The molecule has 1 aromatic carbocycles. The van der Waals surface area contributed by atoms with E-state index >= 15 is 0 Å². The molecule has 0 aromatic heterocycles. The van der Waals surface area contributed by atoms with Crippen molar-refractivity contribution in [2.75, 3.05) is 35.7 Å². The van der Waals surface area contributed by atoms with E-state index in [9.17, 15) is 4.79 Å². The van der Waals surface area contributed by atoms with Crippen LogP contribution in [0.2, 0.25) is 0 Å². The summed E-state index contributed by atoms with van der Waals surface area (Å²) in [4.78, 5) is 11.7. The fourth-order valence-corrected chi connectivity index (χ4v) is 4.65. The number of carbonyl (C=O) groups is 1. The van der Waals surface area contributed by atoms with Crippen molar-refractivity contribution in [2.24, 2.45) is 0 Å². The van der Waals surface area contributed by atoms with E-state index < -0.39 is 0 Å². The minimum atomic E-state index is 0.00999. The second kappa shape index (κ2) is 8.19. The third-order valence-electron chi connectivity index (χ3n) is 2.67. The third kappa shape index (κ3) is 5.77. The smallest absolute Gasteiger partial charge is 0.238 e. The van der Waals surface area contributed by atoms with Crippen molar-refractivity contribution in [1.29, 1.82) is 0 Å². The molecule has 1 unspecified atom stereocenters. The maximum absolute atomic E-state index is 11.7. The number of nitrogens with one attached hydrogen (secondary N) is 2. The zero-order valence-corrected chi connectivity index (χ0v) is 13.7. The maximum atomic E-state index is 11.7. The number of halogens is 1. The predicted molar refractivity (Wildman–Crippen MR) is 89.2 cm³/mol. The monoisotopic (exact) mass is 360 g/mol. The van der Waals surface area contributed by atoms with Gasteiger partial charge in [0.15, 0.2) is 0 Å². The third-order valence-corrected chi connectivity index (χ3v) is 6.04. The molecule has 2 rings (SSSR count). The molecule has 0 bridgehead atoms. The van der Waals surface area contributed by atoms with Crippen LogP contribution in [0.25, 0.3) is 0 Å². The summed E-state index contributed by atoms with van der Waals surface area (Å²) >= 11 is 7.37. The Morgan fingerprint density at radius 2 is 2.11 bits per heavy atom. The van der Waals surface area contributed by atoms with E-state index in [0.29, 0.717) is 11.8 Å². The lowest BCUT2D eigenvalue weighted by molar-refractivity contribution is -0.115. The number of carbonyl (C=O) groups excluding carboxylic acids is 1. The van der Waals surface area contributed by atoms with Crippen LogP contribution in [-0.4, -0.2) is 41.5 Å². The lowest BCUT2D eigenvalue weighted by Gasteiger charge is -2.21. The van der Waals surface area contributed by atoms with E-state index in [1.165, 1.54) is 17.3 Å². The molecular formula is C13H17BrN2OS2. The SMILES string of the molecule is O=C(CNCC1CSCCS1)Nc1ccc(Br)cc1. The van der Waals surface area contributed by atoms with Gasteiger partial charge in [0.05, 0.1) is 6.54 Å². The van der Waals surface area contributed by atoms with Gasteiger partial charge >= 0.3 is 0 Å². The molecule has 0 spiro atoms. The molecule has 104 valence electrons. The minimum absolute atomic E-state index is 0.00999. The van der Waals surface area contributed by atoms with E-state index in [-0.39, 0.29) is 5.91 Å². The van der Waals surface area contributed by atoms with Gasteiger partial charge in [-0.1, -0.05) is 15.9 Å². The summed E-state index contributed by atoms with van der Waals surface area (Å²) in [6, 6.07) is 7.60. The number of benzene rings is 1. The van der Waals surface area contributed by atoms with E-state index in [1.807, 2.05) is 47.8 Å². The molecule has 2 N–H and O–H groups in total. The molecule has 1 fully saturated rings. The number of amides is 1. The topological polar surface area (TPSA) is 41.1 Å². The van der Waals surface area contributed by atoms with Crippen LogP contribution in [0.15, 0.2) is 28.7 Å². The van der Waals surface area contributed by atoms with Crippen LogP contribution in [0, 0.1) is 0 Å². The summed E-state index contributed by atoms with van der Waals surface area (Å²) in [5.41, 5.74) is 0.831. The lowest BCUT2D eigenvalue weighted by Crippen LogP contribution is -2.34. The number of rotatable bonds is 5. The van der Waals surface area contributed by atoms with E-state index in [0.717, 1.165) is 16.7 Å². The van der Waals surface area contributed by atoms with Gasteiger partial charge in [-0.15, -0.1) is 0 Å². The number of thioether (sulfide) groups is 2. The zero-order valence-electron chi connectivity index (χ0n) is 10.5. The minimum Gasteiger partial charge on any atom is -0.325 e. The average molecular weight is 361 g/mol. The molecule has 1 aliphatic heterocycles. The van der Waals surface area contributed by atoms with Gasteiger partial charge in [-0.3, -0.25) is 4.79 Å². The van der Waals surface area contributed by atoms with Crippen LogP contribution >= 0.6 is 39.5 Å². The second-order valence-electron chi connectivity index (χ2n) is 4.25. The van der Waals surface area contributed by atoms with Gasteiger partial charge in [-0.05, 0) is 24.3 Å². The van der Waals surface area contributed by atoms with Crippen LogP contribution in [0.5, 0.6) is 0 Å². The number of anilines is 1. The molecule has 1 heterocycles. The fourth-order valence-electron chi connectivity index (χ4n) is 1.74. The van der Waals surface area contributed by atoms with Crippen molar-refractivity contribution >= 4 is 51.0 Å². The van der Waals surface area contributed by atoms with E-state index in [4.69, 9.17) is 0 Å². The summed E-state index contributed by atoms with van der Waals surface area (Å²) in [6.07, 6.45) is 0. The summed E-state index contributed by atoms with van der Waals surface area (Å²) in [6.45, 7) is 1.28. The molecule has 3 nitrogen and oxygen atoms in total. The Labute approximate surface area is 130 Å². The van der Waals surface area contributed by atoms with Gasteiger partial charge in [0.25, 0.3) is 0 Å². The molecular weight excluding hydrogens is 344 g/mol. The number of hydrogen-bond donors (Lipinski definition) is 2. The highest BCUT2D eigenvalue weighted by Crippen LogP contribution is 2.23. The van der Waals surface area contributed by atoms with Crippen LogP contribution in [-0.2, 0) is 4.79 Å². The Balaban J connectivity index is 1.65. The van der Waals surface area contributed by atoms with Crippen molar-refractivity contribution in [1.82, 2.24) is 5.32 Å². The summed E-state index contributed by atoms with van der Waals surface area (Å²) < 4.78 is 1.01. The molecule has 1 amide bonds. The van der Waals surface area contributed by atoms with Crippen LogP contribution < -0.4 is 10.6 Å². The van der Waals surface area contributed by atoms with Gasteiger partial charge in [0.2, 0.25) is 5.91 Å². The van der Waals surface area contributed by atoms with Crippen molar-refractivity contribution in [3.8, 4) is 0 Å². The van der Waals surface area contributed by atoms with Gasteiger partial charge in [-0.2, -0.15) is 23.5 Å². The highest BCUT2D eigenvalue weighted by Gasteiger charge is 2.14. The first kappa shape index (κ1) is 15.2. The molecule has 0 radical (unpaired) electrons. The Bertz CT molecular complexity index is 408. The van der Waals surface area contributed by atoms with Crippen LogP contribution in [0.3, 0.4) is 0 Å². The Hall–Kier alpha value is -0.170. The first-order valence-corrected chi connectivity index (χ1v) is 9.19. The molecule has 1 saturated heterocycles. The first-order chi connectivity index (χ1) is 9.24. The van der Waals surface area contributed by atoms with Crippen molar-refractivity contribution < 1.29 is 4.79 Å². The van der Waals surface area contributed by atoms with E-state index in [1.54, 1.807) is 0 Å². The Morgan fingerprint density at radius 1 is 1.32 bits per heavy atom. The van der Waals surface area contributed by atoms with Gasteiger partial charge < -0.3 is 10.6 Å².